The maximum atomic E-state index is 12.1. The molecule has 20 heavy (non-hydrogen) atoms. The van der Waals surface area contributed by atoms with Crippen LogP contribution in [-0.4, -0.2) is 30.3 Å². The minimum atomic E-state index is -0.738. The second kappa shape index (κ2) is 6.59. The summed E-state index contributed by atoms with van der Waals surface area (Å²) >= 11 is 3.36. The van der Waals surface area contributed by atoms with E-state index in [1.165, 1.54) is 6.42 Å². The number of hydrogen-bond donors (Lipinski definition) is 2. The first-order valence-electron chi connectivity index (χ1n) is 6.88. The lowest BCUT2D eigenvalue weighted by atomic mass is 9.85. The lowest BCUT2D eigenvalue weighted by Crippen LogP contribution is -2.44. The highest BCUT2D eigenvalue weighted by Gasteiger charge is 2.29. The van der Waals surface area contributed by atoms with E-state index < -0.39 is 5.60 Å². The van der Waals surface area contributed by atoms with E-state index in [1.807, 2.05) is 0 Å². The Bertz CT molecular complexity index is 484. The standard InChI is InChI=1S/C15H20BrNO3/c1-20-13-6-5-11(9-12(13)16)14(18)17-10-15(19)7-3-2-4-8-15/h5-6,9,19H,2-4,7-8,10H2,1H3,(H,17,18). The van der Waals surface area contributed by atoms with Gasteiger partial charge < -0.3 is 15.2 Å². The van der Waals surface area contributed by atoms with Gasteiger partial charge in [-0.2, -0.15) is 0 Å². The number of amides is 1. The molecule has 1 saturated carbocycles. The Labute approximate surface area is 127 Å². The number of carbonyl (C=O) groups is 1. The molecule has 4 nitrogen and oxygen atoms in total. The van der Waals surface area contributed by atoms with Crippen LogP contribution in [0.2, 0.25) is 0 Å². The fraction of sp³-hybridized carbons (Fsp3) is 0.533. The van der Waals surface area contributed by atoms with E-state index in [1.54, 1.807) is 25.3 Å². The van der Waals surface area contributed by atoms with Crippen molar-refractivity contribution in [2.45, 2.75) is 37.7 Å². The molecule has 0 saturated heterocycles. The molecular formula is C15H20BrNO3. The fourth-order valence-electron chi connectivity index (χ4n) is 2.54. The zero-order valence-electron chi connectivity index (χ0n) is 11.6. The smallest absolute Gasteiger partial charge is 0.251 e. The summed E-state index contributed by atoms with van der Waals surface area (Å²) in [5.74, 6) is 0.514. The van der Waals surface area contributed by atoms with Gasteiger partial charge in [0.25, 0.3) is 5.91 Å². The molecule has 1 aromatic rings. The van der Waals surface area contributed by atoms with Gasteiger partial charge in [-0.1, -0.05) is 19.3 Å². The molecule has 0 spiro atoms. The third-order valence-corrected chi connectivity index (χ3v) is 4.40. The Morgan fingerprint density at radius 1 is 1.40 bits per heavy atom. The maximum Gasteiger partial charge on any atom is 0.251 e. The van der Waals surface area contributed by atoms with Crippen LogP contribution < -0.4 is 10.1 Å². The minimum Gasteiger partial charge on any atom is -0.496 e. The van der Waals surface area contributed by atoms with E-state index >= 15 is 0 Å². The number of rotatable bonds is 4. The molecule has 1 aromatic carbocycles. The quantitative estimate of drug-likeness (QED) is 0.885. The second-order valence-electron chi connectivity index (χ2n) is 5.32. The monoisotopic (exact) mass is 341 g/mol. The number of halogens is 1. The average Bonchev–Trinajstić information content (AvgIpc) is 2.45. The summed E-state index contributed by atoms with van der Waals surface area (Å²) in [7, 11) is 1.58. The Morgan fingerprint density at radius 3 is 2.70 bits per heavy atom. The second-order valence-corrected chi connectivity index (χ2v) is 6.17. The van der Waals surface area contributed by atoms with Crippen LogP contribution in [0.4, 0.5) is 0 Å². The topological polar surface area (TPSA) is 58.6 Å². The van der Waals surface area contributed by atoms with Gasteiger partial charge in [-0.3, -0.25) is 4.79 Å². The summed E-state index contributed by atoms with van der Waals surface area (Å²) in [4.78, 5) is 12.1. The van der Waals surface area contributed by atoms with Gasteiger partial charge in [-0.05, 0) is 47.0 Å². The molecule has 2 N–H and O–H groups in total. The summed E-state index contributed by atoms with van der Waals surface area (Å²) in [6.07, 6.45) is 4.75. The largest absolute Gasteiger partial charge is 0.496 e. The van der Waals surface area contributed by atoms with Gasteiger partial charge >= 0.3 is 0 Å². The first kappa shape index (κ1) is 15.3. The Balaban J connectivity index is 1.96. The van der Waals surface area contributed by atoms with E-state index in [4.69, 9.17) is 4.74 Å². The van der Waals surface area contributed by atoms with E-state index in [0.717, 1.165) is 30.2 Å². The number of nitrogens with one attached hydrogen (secondary N) is 1. The third-order valence-electron chi connectivity index (χ3n) is 3.78. The van der Waals surface area contributed by atoms with Gasteiger partial charge in [-0.15, -0.1) is 0 Å². The molecule has 0 unspecified atom stereocenters. The van der Waals surface area contributed by atoms with Crippen LogP contribution in [0.15, 0.2) is 22.7 Å². The van der Waals surface area contributed by atoms with Crippen molar-refractivity contribution in [3.63, 3.8) is 0 Å². The zero-order chi connectivity index (χ0) is 14.6. The summed E-state index contributed by atoms with van der Waals surface area (Å²) in [6.45, 7) is 0.315. The normalized spacial score (nSPS) is 17.6. The first-order valence-corrected chi connectivity index (χ1v) is 7.67. The van der Waals surface area contributed by atoms with Crippen molar-refractivity contribution in [2.24, 2.45) is 0 Å². The van der Waals surface area contributed by atoms with Crippen LogP contribution in [0.5, 0.6) is 5.75 Å². The number of methoxy groups -OCH3 is 1. The SMILES string of the molecule is COc1ccc(C(=O)NCC2(O)CCCCC2)cc1Br. The van der Waals surface area contributed by atoms with Gasteiger partial charge in [-0.25, -0.2) is 0 Å². The van der Waals surface area contributed by atoms with Gasteiger partial charge in [0.15, 0.2) is 0 Å². The molecule has 0 bridgehead atoms. The summed E-state index contributed by atoms with van der Waals surface area (Å²) in [5, 5.41) is 13.2. The van der Waals surface area contributed by atoms with Crippen LogP contribution in [0.1, 0.15) is 42.5 Å². The summed E-state index contributed by atoms with van der Waals surface area (Å²) < 4.78 is 5.87. The highest BCUT2D eigenvalue weighted by molar-refractivity contribution is 9.10. The minimum absolute atomic E-state index is 0.174. The van der Waals surface area contributed by atoms with Gasteiger partial charge in [0.2, 0.25) is 0 Å². The molecule has 1 aliphatic rings. The molecule has 1 fully saturated rings. The van der Waals surface area contributed by atoms with E-state index in [0.29, 0.717) is 17.9 Å². The van der Waals surface area contributed by atoms with Crippen LogP contribution in [0.3, 0.4) is 0 Å². The highest BCUT2D eigenvalue weighted by Crippen LogP contribution is 2.28. The van der Waals surface area contributed by atoms with E-state index in [2.05, 4.69) is 21.2 Å². The molecule has 110 valence electrons. The van der Waals surface area contributed by atoms with Crippen molar-refractivity contribution in [3.8, 4) is 5.75 Å². The molecular weight excluding hydrogens is 322 g/mol. The number of ether oxygens (including phenoxy) is 1. The van der Waals surface area contributed by atoms with Crippen molar-refractivity contribution in [1.82, 2.24) is 5.32 Å². The Hall–Kier alpha value is -1.07. The molecule has 1 aliphatic carbocycles. The molecule has 1 amide bonds. The average molecular weight is 342 g/mol. The number of benzene rings is 1. The molecule has 0 radical (unpaired) electrons. The number of hydrogen-bond acceptors (Lipinski definition) is 3. The molecule has 0 aromatic heterocycles. The molecule has 2 rings (SSSR count). The first-order chi connectivity index (χ1) is 9.54. The summed E-state index contributed by atoms with van der Waals surface area (Å²) in [6, 6.07) is 5.18. The number of carbonyl (C=O) groups excluding carboxylic acids is 1. The van der Waals surface area contributed by atoms with Crippen molar-refractivity contribution in [2.75, 3.05) is 13.7 Å². The zero-order valence-corrected chi connectivity index (χ0v) is 13.2. The fourth-order valence-corrected chi connectivity index (χ4v) is 3.08. The highest BCUT2D eigenvalue weighted by atomic mass is 79.9. The van der Waals surface area contributed by atoms with E-state index in [-0.39, 0.29) is 5.91 Å². The van der Waals surface area contributed by atoms with Crippen molar-refractivity contribution in [1.29, 1.82) is 0 Å². The van der Waals surface area contributed by atoms with Crippen molar-refractivity contribution in [3.05, 3.63) is 28.2 Å². The number of aliphatic hydroxyl groups is 1. The predicted molar refractivity (Wildman–Crippen MR) is 81.1 cm³/mol. The summed E-state index contributed by atoms with van der Waals surface area (Å²) in [5.41, 5.74) is -0.186. The van der Waals surface area contributed by atoms with Gasteiger partial charge in [0.1, 0.15) is 5.75 Å². The van der Waals surface area contributed by atoms with Gasteiger partial charge in [0, 0.05) is 12.1 Å². The van der Waals surface area contributed by atoms with Crippen LogP contribution in [0, 0.1) is 0 Å². The lowest BCUT2D eigenvalue weighted by Gasteiger charge is -2.32. The van der Waals surface area contributed by atoms with Crippen LogP contribution in [-0.2, 0) is 0 Å². The molecule has 0 aliphatic heterocycles. The van der Waals surface area contributed by atoms with Crippen LogP contribution >= 0.6 is 15.9 Å². The molecule has 5 heteroatoms. The molecule has 0 atom stereocenters. The van der Waals surface area contributed by atoms with Gasteiger partial charge in [0.05, 0.1) is 17.2 Å². The van der Waals surface area contributed by atoms with Crippen molar-refractivity contribution < 1.29 is 14.6 Å². The lowest BCUT2D eigenvalue weighted by molar-refractivity contribution is 0.00525. The Kier molecular flexibility index (Phi) is 5.05. The third kappa shape index (κ3) is 3.73. The van der Waals surface area contributed by atoms with Crippen molar-refractivity contribution >= 4 is 21.8 Å². The Morgan fingerprint density at radius 2 is 2.10 bits per heavy atom. The maximum absolute atomic E-state index is 12.1. The van der Waals surface area contributed by atoms with E-state index in [9.17, 15) is 9.90 Å². The molecule has 0 heterocycles. The van der Waals surface area contributed by atoms with Crippen LogP contribution in [0.25, 0.3) is 0 Å². The predicted octanol–water partition coefficient (Wildman–Crippen LogP) is 2.88.